The summed E-state index contributed by atoms with van der Waals surface area (Å²) in [4.78, 5) is 30.5. The van der Waals surface area contributed by atoms with Gasteiger partial charge in [0, 0.05) is 17.8 Å². The Labute approximate surface area is 159 Å². The number of aromatic amines is 1. The molecule has 0 saturated heterocycles. The standard InChI is InChI=1S/C17H15ClN4O4S/c1-22(27(25,26)13-5-2-11(18)3-6-13)9-16(23)21-12-4-7-15-14(8-12)17(24)20-10-19-15/h2-8,10H,9H2,1H3,(H,21,23)(H,19,20,24). The SMILES string of the molecule is CN(CC(=O)Nc1ccc2nc[nH]c(=O)c2c1)S(=O)(=O)c1ccc(Cl)cc1. The summed E-state index contributed by atoms with van der Waals surface area (Å²) in [5.74, 6) is -0.547. The Balaban J connectivity index is 1.74. The molecule has 3 rings (SSSR count). The number of aromatic nitrogens is 2. The largest absolute Gasteiger partial charge is 0.325 e. The van der Waals surface area contributed by atoms with Crippen molar-refractivity contribution in [1.82, 2.24) is 14.3 Å². The summed E-state index contributed by atoms with van der Waals surface area (Å²) in [7, 11) is -2.53. The number of nitrogens with one attached hydrogen (secondary N) is 2. The van der Waals surface area contributed by atoms with Crippen molar-refractivity contribution in [2.45, 2.75) is 4.90 Å². The number of anilines is 1. The molecule has 0 aliphatic carbocycles. The lowest BCUT2D eigenvalue weighted by molar-refractivity contribution is -0.116. The van der Waals surface area contributed by atoms with Gasteiger partial charge >= 0.3 is 0 Å². The molecule has 2 N–H and O–H groups in total. The van der Waals surface area contributed by atoms with Gasteiger partial charge < -0.3 is 10.3 Å². The first-order valence-corrected chi connectivity index (χ1v) is 9.58. The molecule has 0 unspecified atom stereocenters. The van der Waals surface area contributed by atoms with Crippen LogP contribution < -0.4 is 10.9 Å². The van der Waals surface area contributed by atoms with E-state index in [1.165, 1.54) is 43.7 Å². The van der Waals surface area contributed by atoms with Crippen LogP contribution in [0.15, 0.2) is 58.5 Å². The number of halogens is 1. The number of sulfonamides is 1. The van der Waals surface area contributed by atoms with E-state index in [9.17, 15) is 18.0 Å². The Kier molecular flexibility index (Phi) is 5.26. The van der Waals surface area contributed by atoms with Gasteiger partial charge in [-0.2, -0.15) is 4.31 Å². The van der Waals surface area contributed by atoms with Crippen molar-refractivity contribution >= 4 is 44.1 Å². The molecule has 10 heteroatoms. The Morgan fingerprint density at radius 2 is 1.93 bits per heavy atom. The molecule has 0 fully saturated rings. The van der Waals surface area contributed by atoms with E-state index in [0.717, 1.165) is 4.31 Å². The highest BCUT2D eigenvalue weighted by molar-refractivity contribution is 7.89. The van der Waals surface area contributed by atoms with Gasteiger partial charge in [0.1, 0.15) is 0 Å². The van der Waals surface area contributed by atoms with Gasteiger partial charge in [-0.1, -0.05) is 11.6 Å². The molecular weight excluding hydrogens is 392 g/mol. The number of hydrogen-bond donors (Lipinski definition) is 2. The predicted octanol–water partition coefficient (Wildman–Crippen LogP) is 1.84. The summed E-state index contributed by atoms with van der Waals surface area (Å²) in [5.41, 5.74) is 0.515. The number of H-pyrrole nitrogens is 1. The first kappa shape index (κ1) is 19.0. The number of nitrogens with zero attached hydrogens (tertiary/aromatic N) is 2. The lowest BCUT2D eigenvalue weighted by Gasteiger charge is -2.17. The summed E-state index contributed by atoms with van der Waals surface area (Å²) in [6.45, 7) is -0.396. The maximum Gasteiger partial charge on any atom is 0.258 e. The molecule has 0 aliphatic heterocycles. The predicted molar refractivity (Wildman–Crippen MR) is 102 cm³/mol. The molecule has 8 nitrogen and oxygen atoms in total. The Bertz CT molecular complexity index is 1160. The molecule has 3 aromatic rings. The molecule has 0 radical (unpaired) electrons. The zero-order valence-electron chi connectivity index (χ0n) is 14.1. The van der Waals surface area contributed by atoms with Crippen LogP contribution in [-0.2, 0) is 14.8 Å². The van der Waals surface area contributed by atoms with Crippen molar-refractivity contribution in [3.63, 3.8) is 0 Å². The molecular formula is C17H15ClN4O4S. The lowest BCUT2D eigenvalue weighted by atomic mass is 10.2. The number of carbonyl (C=O) groups excluding carboxylic acids is 1. The van der Waals surface area contributed by atoms with Crippen LogP contribution in [0.1, 0.15) is 0 Å². The third-order valence-corrected chi connectivity index (χ3v) is 5.88. The highest BCUT2D eigenvalue weighted by Crippen LogP contribution is 2.18. The van der Waals surface area contributed by atoms with Crippen LogP contribution in [0, 0.1) is 0 Å². The van der Waals surface area contributed by atoms with Crippen molar-refractivity contribution in [3.05, 3.63) is 64.2 Å². The number of fused-ring (bicyclic) bond motifs is 1. The van der Waals surface area contributed by atoms with Gasteiger partial charge in [0.2, 0.25) is 15.9 Å². The molecule has 0 aliphatic rings. The van der Waals surface area contributed by atoms with Crippen molar-refractivity contribution in [2.75, 3.05) is 18.9 Å². The minimum absolute atomic E-state index is 0.0329. The van der Waals surface area contributed by atoms with Crippen LogP contribution in [0.3, 0.4) is 0 Å². The number of rotatable bonds is 5. The van der Waals surface area contributed by atoms with E-state index in [-0.39, 0.29) is 10.5 Å². The third-order valence-electron chi connectivity index (χ3n) is 3.81. The van der Waals surface area contributed by atoms with E-state index in [1.807, 2.05) is 0 Å². The summed E-state index contributed by atoms with van der Waals surface area (Å²) < 4.78 is 25.9. The smallest absolute Gasteiger partial charge is 0.258 e. The van der Waals surface area contributed by atoms with E-state index >= 15 is 0 Å². The zero-order valence-corrected chi connectivity index (χ0v) is 15.7. The van der Waals surface area contributed by atoms with Gasteiger partial charge in [0.05, 0.1) is 28.7 Å². The molecule has 1 amide bonds. The maximum absolute atomic E-state index is 12.5. The van der Waals surface area contributed by atoms with Gasteiger partial charge in [-0.25, -0.2) is 13.4 Å². The lowest BCUT2D eigenvalue weighted by Crippen LogP contribution is -2.35. The number of carbonyl (C=O) groups is 1. The van der Waals surface area contributed by atoms with Gasteiger partial charge in [0.15, 0.2) is 0 Å². The van der Waals surface area contributed by atoms with Crippen molar-refractivity contribution in [1.29, 1.82) is 0 Å². The Hall–Kier alpha value is -2.75. The van der Waals surface area contributed by atoms with Crippen LogP contribution in [-0.4, -0.2) is 42.2 Å². The van der Waals surface area contributed by atoms with Gasteiger partial charge in [-0.3, -0.25) is 9.59 Å². The summed E-state index contributed by atoms with van der Waals surface area (Å²) >= 11 is 5.77. The minimum Gasteiger partial charge on any atom is -0.325 e. The number of benzene rings is 2. The molecule has 0 spiro atoms. The number of likely N-dealkylation sites (N-methyl/N-ethyl adjacent to an activating group) is 1. The monoisotopic (exact) mass is 406 g/mol. The number of hydrogen-bond acceptors (Lipinski definition) is 5. The second-order valence-corrected chi connectivity index (χ2v) is 8.21. The van der Waals surface area contributed by atoms with Crippen molar-refractivity contribution in [3.8, 4) is 0 Å². The minimum atomic E-state index is -3.84. The molecule has 27 heavy (non-hydrogen) atoms. The normalized spacial score (nSPS) is 11.7. The fraction of sp³-hybridized carbons (Fsp3) is 0.118. The quantitative estimate of drug-likeness (QED) is 0.671. The Morgan fingerprint density at radius 3 is 2.63 bits per heavy atom. The van der Waals surface area contributed by atoms with Gasteiger partial charge in [-0.05, 0) is 42.5 Å². The summed E-state index contributed by atoms with van der Waals surface area (Å²) in [6, 6.07) is 10.3. The molecule has 140 valence electrons. The molecule has 1 aromatic heterocycles. The fourth-order valence-electron chi connectivity index (χ4n) is 2.42. The van der Waals surface area contributed by atoms with Crippen molar-refractivity contribution < 1.29 is 13.2 Å². The van der Waals surface area contributed by atoms with Crippen LogP contribution in [0.4, 0.5) is 5.69 Å². The van der Waals surface area contributed by atoms with Crippen LogP contribution >= 0.6 is 11.6 Å². The van der Waals surface area contributed by atoms with E-state index in [4.69, 9.17) is 11.6 Å². The highest BCUT2D eigenvalue weighted by atomic mass is 35.5. The van der Waals surface area contributed by atoms with E-state index in [2.05, 4.69) is 15.3 Å². The molecule has 0 saturated carbocycles. The van der Waals surface area contributed by atoms with E-state index < -0.39 is 22.5 Å². The van der Waals surface area contributed by atoms with Crippen LogP contribution in [0.2, 0.25) is 5.02 Å². The maximum atomic E-state index is 12.5. The zero-order chi connectivity index (χ0) is 19.6. The molecule has 0 bridgehead atoms. The van der Waals surface area contributed by atoms with E-state index in [0.29, 0.717) is 21.6 Å². The Morgan fingerprint density at radius 1 is 1.22 bits per heavy atom. The highest BCUT2D eigenvalue weighted by Gasteiger charge is 2.23. The average molecular weight is 407 g/mol. The first-order chi connectivity index (χ1) is 12.8. The molecule has 0 atom stereocenters. The van der Waals surface area contributed by atoms with Crippen molar-refractivity contribution in [2.24, 2.45) is 0 Å². The van der Waals surface area contributed by atoms with Gasteiger partial charge in [0.25, 0.3) is 5.56 Å². The fourth-order valence-corrected chi connectivity index (χ4v) is 3.67. The average Bonchev–Trinajstić information content (AvgIpc) is 2.62. The second kappa shape index (κ2) is 7.47. The topological polar surface area (TPSA) is 112 Å². The first-order valence-electron chi connectivity index (χ1n) is 7.76. The van der Waals surface area contributed by atoms with Crippen LogP contribution in [0.5, 0.6) is 0 Å². The second-order valence-electron chi connectivity index (χ2n) is 5.73. The summed E-state index contributed by atoms with van der Waals surface area (Å²) in [5, 5.41) is 3.31. The third kappa shape index (κ3) is 4.16. The van der Waals surface area contributed by atoms with E-state index in [1.54, 1.807) is 12.1 Å². The summed E-state index contributed by atoms with van der Waals surface area (Å²) in [6.07, 6.45) is 1.29. The molecule has 1 heterocycles. The van der Waals surface area contributed by atoms with Gasteiger partial charge in [-0.15, -0.1) is 0 Å². The van der Waals surface area contributed by atoms with Crippen LogP contribution in [0.25, 0.3) is 10.9 Å². The number of amides is 1. The molecule has 2 aromatic carbocycles.